The van der Waals surface area contributed by atoms with Crippen LogP contribution in [0.3, 0.4) is 0 Å². The van der Waals surface area contributed by atoms with E-state index in [1.807, 2.05) is 27.7 Å². The summed E-state index contributed by atoms with van der Waals surface area (Å²) in [6.45, 7) is 10.1. The van der Waals surface area contributed by atoms with Crippen molar-refractivity contribution in [3.63, 3.8) is 0 Å². The highest BCUT2D eigenvalue weighted by molar-refractivity contribution is 7.93. The van der Waals surface area contributed by atoms with Gasteiger partial charge in [0.2, 0.25) is 5.91 Å². The third-order valence-electron chi connectivity index (χ3n) is 4.95. The number of alkyl halides is 2. The molecule has 0 unspecified atom stereocenters. The Hall–Kier alpha value is -1.91. The average molecular weight is 491 g/mol. The zero-order chi connectivity index (χ0) is 24.6. The van der Waals surface area contributed by atoms with E-state index in [-0.39, 0.29) is 28.7 Å². The quantitative estimate of drug-likeness (QED) is 0.425. The van der Waals surface area contributed by atoms with Gasteiger partial charge >= 0.3 is 0 Å². The van der Waals surface area contributed by atoms with Crippen LogP contribution in [0.2, 0.25) is 0 Å². The monoisotopic (exact) mass is 490 g/mol. The number of hydrogen-bond acceptors (Lipinski definition) is 5. The van der Waals surface area contributed by atoms with Crippen molar-refractivity contribution in [1.82, 2.24) is 4.72 Å². The van der Waals surface area contributed by atoms with Crippen molar-refractivity contribution < 1.29 is 27.3 Å². The molecule has 0 aliphatic rings. The lowest BCUT2D eigenvalue weighted by Gasteiger charge is -2.21. The number of amides is 1. The molecule has 10 heteroatoms. The van der Waals surface area contributed by atoms with Crippen molar-refractivity contribution in [2.24, 2.45) is 0 Å². The lowest BCUT2D eigenvalue weighted by molar-refractivity contribution is -0.118. The summed E-state index contributed by atoms with van der Waals surface area (Å²) in [6.07, 6.45) is -2.95. The van der Waals surface area contributed by atoms with Crippen LogP contribution in [-0.2, 0) is 26.7 Å². The maximum absolute atomic E-state index is 14.4. The van der Waals surface area contributed by atoms with E-state index in [0.717, 1.165) is 6.07 Å². The Morgan fingerprint density at radius 3 is 2.03 bits per heavy atom. The number of aliphatic hydroxyl groups is 1. The van der Waals surface area contributed by atoms with Crippen molar-refractivity contribution in [2.45, 2.75) is 76.0 Å². The van der Waals surface area contributed by atoms with Crippen LogP contribution in [0, 0.1) is 10.6 Å². The minimum absolute atomic E-state index is 0.134. The minimum Gasteiger partial charge on any atom is -0.385 e. The van der Waals surface area contributed by atoms with E-state index in [1.165, 1.54) is 26.0 Å². The molecule has 1 aromatic carbocycles. The summed E-state index contributed by atoms with van der Waals surface area (Å²) in [5, 5.41) is 10.0. The van der Waals surface area contributed by atoms with Gasteiger partial charge in [-0.1, -0.05) is 27.7 Å². The van der Waals surface area contributed by atoms with Crippen LogP contribution in [-0.4, -0.2) is 15.2 Å². The third-order valence-corrected chi connectivity index (χ3v) is 8.36. The van der Waals surface area contributed by atoms with E-state index in [4.69, 9.17) is 4.78 Å². The Kier molecular flexibility index (Phi) is 7.84. The lowest BCUT2D eigenvalue weighted by atomic mass is 9.85. The number of carbonyl (C=O) groups is 1. The Labute approximate surface area is 191 Å². The molecule has 2 rings (SSSR count). The first-order chi connectivity index (χ1) is 14.5. The number of rotatable bonds is 8. The molecule has 3 N–H and O–H groups in total. The van der Waals surface area contributed by atoms with Crippen molar-refractivity contribution in [2.75, 3.05) is 0 Å². The lowest BCUT2D eigenvalue weighted by Crippen LogP contribution is -2.31. The highest BCUT2D eigenvalue weighted by Crippen LogP contribution is 2.35. The maximum atomic E-state index is 14.4. The number of nitrogens with one attached hydrogen (secondary N) is 2. The van der Waals surface area contributed by atoms with Gasteiger partial charge in [0.15, 0.2) is 19.9 Å². The maximum Gasteiger partial charge on any atom is 0.263 e. The fourth-order valence-corrected chi connectivity index (χ4v) is 5.81. The molecule has 2 aromatic rings. The van der Waals surface area contributed by atoms with Gasteiger partial charge in [-0.15, -0.1) is 11.3 Å². The van der Waals surface area contributed by atoms with Crippen molar-refractivity contribution in [1.29, 1.82) is 4.78 Å². The van der Waals surface area contributed by atoms with E-state index in [0.29, 0.717) is 28.0 Å². The van der Waals surface area contributed by atoms with E-state index >= 15 is 0 Å². The normalized spacial score (nSPS) is 14.3. The summed E-state index contributed by atoms with van der Waals surface area (Å²) < 4.78 is 63.7. The van der Waals surface area contributed by atoms with Gasteiger partial charge in [-0.05, 0) is 60.6 Å². The molecule has 1 heterocycles. The summed E-state index contributed by atoms with van der Waals surface area (Å²) in [7, 11) is -4.02. The summed E-state index contributed by atoms with van der Waals surface area (Å²) >= 11 is 0.657. The van der Waals surface area contributed by atoms with E-state index < -0.39 is 37.9 Å². The molecule has 0 fully saturated rings. The molecule has 0 spiro atoms. The average Bonchev–Trinajstić information content (AvgIpc) is 3.03. The fourth-order valence-electron chi connectivity index (χ4n) is 3.35. The highest BCUT2D eigenvalue weighted by atomic mass is 32.2. The molecule has 0 radical (unpaired) electrons. The first-order valence-corrected chi connectivity index (χ1v) is 12.5. The van der Waals surface area contributed by atoms with Crippen LogP contribution in [0.4, 0.5) is 13.2 Å². The molecule has 1 atom stereocenters. The van der Waals surface area contributed by atoms with Gasteiger partial charge in [0.25, 0.3) is 6.43 Å². The van der Waals surface area contributed by atoms with Gasteiger partial charge in [-0.2, -0.15) is 0 Å². The topological polar surface area (TPSA) is 90.3 Å². The van der Waals surface area contributed by atoms with Gasteiger partial charge in [-0.3, -0.25) is 9.52 Å². The van der Waals surface area contributed by atoms with Gasteiger partial charge in [0.05, 0.1) is 12.0 Å². The van der Waals surface area contributed by atoms with Gasteiger partial charge in [0, 0.05) is 10.4 Å². The molecule has 1 amide bonds. The molecule has 178 valence electrons. The Balaban J connectivity index is 2.42. The molecule has 0 aliphatic carbocycles. The third kappa shape index (κ3) is 5.90. The molecule has 0 aliphatic heterocycles. The number of thiophene rings is 1. The van der Waals surface area contributed by atoms with Crippen LogP contribution < -0.4 is 4.72 Å². The van der Waals surface area contributed by atoms with Gasteiger partial charge < -0.3 is 5.11 Å². The SMILES string of the molecule is CC(C)c1cc(C(F)F)cc(C(C)C)c1CC(=O)N[S@@](=N)(=O)c1sc(C(C)(C)O)cc1F. The largest absolute Gasteiger partial charge is 0.385 e. The Bertz CT molecular complexity index is 1070. The first kappa shape index (κ1) is 26.3. The predicted octanol–water partition coefficient (Wildman–Crippen LogP) is 5.98. The standard InChI is InChI=1S/C22H29F3N2O3S2/c1-11(2)14-7-13(20(24)25)8-15(12(3)4)16(14)9-19(28)27-32(26,30)21-17(23)10-18(31-21)22(5,6)29/h7-8,10-12,20,29H,9H2,1-6H3,(H2,26,27,28,30)/t32-/m1/s1. The number of hydrogen-bond donors (Lipinski definition) is 3. The highest BCUT2D eigenvalue weighted by Gasteiger charge is 2.28. The molecular formula is C22H29F3N2O3S2. The second-order valence-electron chi connectivity index (χ2n) is 8.85. The number of benzene rings is 1. The zero-order valence-corrected chi connectivity index (χ0v) is 20.5. The van der Waals surface area contributed by atoms with Crippen molar-refractivity contribution in [3.8, 4) is 0 Å². The molecule has 5 nitrogen and oxygen atoms in total. The molecular weight excluding hydrogens is 461 g/mol. The summed E-state index contributed by atoms with van der Waals surface area (Å²) in [5.41, 5.74) is 0.157. The summed E-state index contributed by atoms with van der Waals surface area (Å²) in [4.78, 5) is 12.9. The molecule has 1 aromatic heterocycles. The second kappa shape index (κ2) is 9.52. The summed E-state index contributed by atoms with van der Waals surface area (Å²) in [6, 6.07) is 3.74. The van der Waals surface area contributed by atoms with Crippen LogP contribution >= 0.6 is 11.3 Å². The smallest absolute Gasteiger partial charge is 0.263 e. The van der Waals surface area contributed by atoms with E-state index in [9.17, 15) is 27.3 Å². The summed E-state index contributed by atoms with van der Waals surface area (Å²) in [5.74, 6) is -2.03. The predicted molar refractivity (Wildman–Crippen MR) is 120 cm³/mol. The molecule has 32 heavy (non-hydrogen) atoms. The Morgan fingerprint density at radius 2 is 1.66 bits per heavy atom. The van der Waals surface area contributed by atoms with Crippen LogP contribution in [0.5, 0.6) is 0 Å². The van der Waals surface area contributed by atoms with Gasteiger partial charge in [-0.25, -0.2) is 22.2 Å². The van der Waals surface area contributed by atoms with Crippen molar-refractivity contribution in [3.05, 3.63) is 51.1 Å². The van der Waals surface area contributed by atoms with Gasteiger partial charge in [0.1, 0.15) is 0 Å². The number of carbonyl (C=O) groups excluding carboxylic acids is 1. The fraction of sp³-hybridized carbons (Fsp3) is 0.500. The van der Waals surface area contributed by atoms with Crippen LogP contribution in [0.1, 0.15) is 86.9 Å². The first-order valence-electron chi connectivity index (χ1n) is 10.1. The Morgan fingerprint density at radius 1 is 1.16 bits per heavy atom. The van der Waals surface area contributed by atoms with Crippen LogP contribution in [0.25, 0.3) is 0 Å². The van der Waals surface area contributed by atoms with Crippen LogP contribution in [0.15, 0.2) is 22.4 Å². The van der Waals surface area contributed by atoms with E-state index in [1.54, 1.807) is 0 Å². The second-order valence-corrected chi connectivity index (χ2v) is 11.9. The molecule has 0 bridgehead atoms. The minimum atomic E-state index is -4.02. The molecule has 0 saturated heterocycles. The zero-order valence-electron chi connectivity index (χ0n) is 18.9. The van der Waals surface area contributed by atoms with E-state index in [2.05, 4.69) is 4.72 Å². The molecule has 0 saturated carbocycles. The number of halogens is 3. The van der Waals surface area contributed by atoms with Crippen molar-refractivity contribution >= 4 is 27.2 Å².